The summed E-state index contributed by atoms with van der Waals surface area (Å²) in [5.74, 6) is 0.263. The lowest BCUT2D eigenvalue weighted by Gasteiger charge is -2.33. The molecule has 1 aliphatic heterocycles. The Hall–Kier alpha value is -2.66. The van der Waals surface area contributed by atoms with E-state index in [1.165, 1.54) is 4.90 Å². The minimum Gasteiger partial charge on any atom is -0.491 e. The van der Waals surface area contributed by atoms with E-state index in [1.807, 2.05) is 45.0 Å². The van der Waals surface area contributed by atoms with E-state index in [9.17, 15) is 9.59 Å². The number of carbonyl (C=O) groups excluding carboxylic acids is 2. The minimum atomic E-state index is -0.740. The van der Waals surface area contributed by atoms with Crippen LogP contribution in [0.25, 0.3) is 0 Å². The number of rotatable bonds is 7. The standard InChI is InChI=1S/C21H23NO4/c1-15-7-6-8-16(13-15)26-12-11-25-14-21(2,3)22-19(23)17-9-4-5-10-18(17)20(22)24/h4-10,13H,11-12,14H2,1-3H3. The van der Waals surface area contributed by atoms with Crippen LogP contribution in [0.4, 0.5) is 0 Å². The molecule has 0 unspecified atom stereocenters. The van der Waals surface area contributed by atoms with Crippen LogP contribution in [0.5, 0.6) is 5.75 Å². The molecule has 2 aromatic carbocycles. The van der Waals surface area contributed by atoms with Gasteiger partial charge in [0.15, 0.2) is 0 Å². The number of benzene rings is 2. The second kappa shape index (κ2) is 7.30. The lowest BCUT2D eigenvalue weighted by Crippen LogP contribution is -2.50. The maximum absolute atomic E-state index is 12.6. The fraction of sp³-hybridized carbons (Fsp3) is 0.333. The van der Waals surface area contributed by atoms with Crippen LogP contribution < -0.4 is 4.74 Å². The van der Waals surface area contributed by atoms with Gasteiger partial charge in [-0.15, -0.1) is 0 Å². The molecule has 0 saturated carbocycles. The number of hydrogen-bond donors (Lipinski definition) is 0. The third kappa shape index (κ3) is 3.63. The largest absolute Gasteiger partial charge is 0.491 e. The summed E-state index contributed by atoms with van der Waals surface area (Å²) in [6.45, 7) is 6.69. The Morgan fingerprint density at radius 3 is 2.19 bits per heavy atom. The molecule has 0 N–H and O–H groups in total. The Labute approximate surface area is 153 Å². The van der Waals surface area contributed by atoms with E-state index in [1.54, 1.807) is 24.3 Å². The number of hydrogen-bond acceptors (Lipinski definition) is 4. The maximum Gasteiger partial charge on any atom is 0.262 e. The molecule has 0 aliphatic carbocycles. The van der Waals surface area contributed by atoms with Crippen molar-refractivity contribution >= 4 is 11.8 Å². The van der Waals surface area contributed by atoms with Crippen molar-refractivity contribution in [1.29, 1.82) is 0 Å². The van der Waals surface area contributed by atoms with Crippen molar-refractivity contribution in [3.8, 4) is 5.75 Å². The molecule has 3 rings (SSSR count). The van der Waals surface area contributed by atoms with Gasteiger partial charge >= 0.3 is 0 Å². The van der Waals surface area contributed by atoms with E-state index < -0.39 is 5.54 Å². The highest BCUT2D eigenvalue weighted by molar-refractivity contribution is 6.21. The van der Waals surface area contributed by atoms with E-state index in [2.05, 4.69) is 0 Å². The van der Waals surface area contributed by atoms with Crippen molar-refractivity contribution in [1.82, 2.24) is 4.90 Å². The van der Waals surface area contributed by atoms with Crippen molar-refractivity contribution < 1.29 is 19.1 Å². The summed E-state index contributed by atoms with van der Waals surface area (Å²) in [5, 5.41) is 0. The summed E-state index contributed by atoms with van der Waals surface area (Å²) >= 11 is 0. The summed E-state index contributed by atoms with van der Waals surface area (Å²) in [5.41, 5.74) is 1.30. The van der Waals surface area contributed by atoms with Crippen LogP contribution in [0.2, 0.25) is 0 Å². The topological polar surface area (TPSA) is 55.8 Å². The molecular formula is C21H23NO4. The molecule has 1 heterocycles. The first-order valence-corrected chi connectivity index (χ1v) is 8.65. The molecule has 5 heteroatoms. The Morgan fingerprint density at radius 1 is 0.923 bits per heavy atom. The summed E-state index contributed by atoms with van der Waals surface area (Å²) in [4.78, 5) is 26.5. The van der Waals surface area contributed by atoms with E-state index >= 15 is 0 Å². The molecule has 2 amide bonds. The SMILES string of the molecule is Cc1cccc(OCCOCC(C)(C)N2C(=O)c3ccccc3C2=O)c1. The van der Waals surface area contributed by atoms with Gasteiger partial charge in [-0.2, -0.15) is 0 Å². The van der Waals surface area contributed by atoms with Crippen molar-refractivity contribution in [2.75, 3.05) is 19.8 Å². The summed E-state index contributed by atoms with van der Waals surface area (Å²) < 4.78 is 11.3. The quantitative estimate of drug-likeness (QED) is 0.565. The van der Waals surface area contributed by atoms with Gasteiger partial charge in [-0.3, -0.25) is 14.5 Å². The highest BCUT2D eigenvalue weighted by Gasteiger charge is 2.43. The average molecular weight is 353 g/mol. The molecule has 5 nitrogen and oxygen atoms in total. The predicted octanol–water partition coefficient (Wildman–Crippen LogP) is 3.47. The molecule has 0 fully saturated rings. The number of aryl methyl sites for hydroxylation is 1. The van der Waals surface area contributed by atoms with Crippen LogP contribution in [0.3, 0.4) is 0 Å². The molecule has 26 heavy (non-hydrogen) atoms. The predicted molar refractivity (Wildman–Crippen MR) is 98.5 cm³/mol. The van der Waals surface area contributed by atoms with E-state index in [-0.39, 0.29) is 18.4 Å². The fourth-order valence-electron chi connectivity index (χ4n) is 3.05. The van der Waals surface area contributed by atoms with Gasteiger partial charge in [0.2, 0.25) is 0 Å². The number of fused-ring (bicyclic) bond motifs is 1. The molecule has 1 aliphatic rings. The molecular weight excluding hydrogens is 330 g/mol. The molecule has 136 valence electrons. The Balaban J connectivity index is 1.53. The zero-order valence-corrected chi connectivity index (χ0v) is 15.3. The smallest absolute Gasteiger partial charge is 0.262 e. The molecule has 0 aromatic heterocycles. The van der Waals surface area contributed by atoms with Crippen LogP contribution in [-0.4, -0.2) is 42.1 Å². The number of ether oxygens (including phenoxy) is 2. The number of amides is 2. The third-order valence-corrected chi connectivity index (χ3v) is 4.34. The summed E-state index contributed by atoms with van der Waals surface area (Å²) in [6.07, 6.45) is 0. The first-order chi connectivity index (χ1) is 12.4. The first kappa shape index (κ1) is 18.1. The van der Waals surface area contributed by atoms with Crippen molar-refractivity contribution in [3.05, 3.63) is 65.2 Å². The van der Waals surface area contributed by atoms with Gasteiger partial charge in [0.1, 0.15) is 12.4 Å². The normalized spacial score (nSPS) is 13.9. The van der Waals surface area contributed by atoms with Crippen LogP contribution >= 0.6 is 0 Å². The van der Waals surface area contributed by atoms with E-state index in [0.29, 0.717) is 24.3 Å². The Bertz CT molecular complexity index is 793. The monoisotopic (exact) mass is 353 g/mol. The number of nitrogens with zero attached hydrogens (tertiary/aromatic N) is 1. The molecule has 0 radical (unpaired) electrons. The maximum atomic E-state index is 12.6. The zero-order chi connectivity index (χ0) is 18.7. The van der Waals surface area contributed by atoms with Gasteiger partial charge in [0.05, 0.1) is 29.9 Å². The number of carbonyl (C=O) groups is 2. The molecule has 0 spiro atoms. The lowest BCUT2D eigenvalue weighted by atomic mass is 10.0. The van der Waals surface area contributed by atoms with Crippen molar-refractivity contribution in [3.63, 3.8) is 0 Å². The van der Waals surface area contributed by atoms with Crippen LogP contribution in [0, 0.1) is 6.92 Å². The van der Waals surface area contributed by atoms with Gasteiger partial charge in [-0.05, 0) is 50.6 Å². The van der Waals surface area contributed by atoms with Crippen LogP contribution in [0.1, 0.15) is 40.1 Å². The highest BCUT2D eigenvalue weighted by atomic mass is 16.5. The Kier molecular flexibility index (Phi) is 5.09. The molecule has 0 saturated heterocycles. The van der Waals surface area contributed by atoms with Gasteiger partial charge in [0, 0.05) is 0 Å². The summed E-state index contributed by atoms with van der Waals surface area (Å²) in [7, 11) is 0. The molecule has 0 atom stereocenters. The second-order valence-electron chi connectivity index (χ2n) is 7.02. The zero-order valence-electron chi connectivity index (χ0n) is 15.3. The van der Waals surface area contributed by atoms with Gasteiger partial charge in [-0.1, -0.05) is 24.3 Å². The lowest BCUT2D eigenvalue weighted by molar-refractivity contribution is 0.0103. The molecule has 2 aromatic rings. The van der Waals surface area contributed by atoms with Crippen LogP contribution in [0.15, 0.2) is 48.5 Å². The average Bonchev–Trinajstić information content (AvgIpc) is 2.86. The van der Waals surface area contributed by atoms with E-state index in [0.717, 1.165) is 11.3 Å². The van der Waals surface area contributed by atoms with Gasteiger partial charge in [-0.25, -0.2) is 0 Å². The third-order valence-electron chi connectivity index (χ3n) is 4.34. The van der Waals surface area contributed by atoms with Gasteiger partial charge < -0.3 is 9.47 Å². The summed E-state index contributed by atoms with van der Waals surface area (Å²) in [6, 6.07) is 14.7. The second-order valence-corrected chi connectivity index (χ2v) is 7.02. The van der Waals surface area contributed by atoms with Crippen molar-refractivity contribution in [2.45, 2.75) is 26.3 Å². The van der Waals surface area contributed by atoms with E-state index in [4.69, 9.17) is 9.47 Å². The molecule has 0 bridgehead atoms. The fourth-order valence-corrected chi connectivity index (χ4v) is 3.05. The van der Waals surface area contributed by atoms with Crippen LogP contribution in [-0.2, 0) is 4.74 Å². The van der Waals surface area contributed by atoms with Gasteiger partial charge in [0.25, 0.3) is 11.8 Å². The Morgan fingerprint density at radius 2 is 1.58 bits per heavy atom. The van der Waals surface area contributed by atoms with Crippen molar-refractivity contribution in [2.24, 2.45) is 0 Å². The number of imide groups is 1. The first-order valence-electron chi connectivity index (χ1n) is 8.65. The highest BCUT2D eigenvalue weighted by Crippen LogP contribution is 2.29. The minimum absolute atomic E-state index is 0.246.